The number of carbonyl (C=O) groups is 1. The molecule has 0 bridgehead atoms. The van der Waals surface area contributed by atoms with Crippen LogP contribution in [0.3, 0.4) is 0 Å². The number of piperazine rings is 1. The monoisotopic (exact) mass is 341 g/mol. The van der Waals surface area contributed by atoms with Gasteiger partial charge < -0.3 is 20.6 Å². The van der Waals surface area contributed by atoms with Crippen molar-refractivity contribution in [3.8, 4) is 0 Å². The lowest BCUT2D eigenvalue weighted by molar-refractivity contribution is -0.138. The van der Waals surface area contributed by atoms with Crippen LogP contribution in [0.4, 0.5) is 5.69 Å². The van der Waals surface area contributed by atoms with Crippen molar-refractivity contribution in [3.63, 3.8) is 0 Å². The second kappa shape index (κ2) is 6.56. The predicted molar refractivity (Wildman–Crippen MR) is 83.2 cm³/mol. The Bertz CT molecular complexity index is 487. The number of rotatable bonds is 4. The van der Waals surface area contributed by atoms with E-state index in [4.69, 9.17) is 10.8 Å². The molecule has 0 spiro atoms. The highest BCUT2D eigenvalue weighted by Crippen LogP contribution is 2.28. The van der Waals surface area contributed by atoms with Crippen molar-refractivity contribution < 1.29 is 9.90 Å². The number of aliphatic carboxylic acids is 1. The molecule has 3 N–H and O–H groups in total. The van der Waals surface area contributed by atoms with Gasteiger partial charge in [0.15, 0.2) is 0 Å². The Hall–Kier alpha value is -1.11. The summed E-state index contributed by atoms with van der Waals surface area (Å²) in [6.45, 7) is 4.11. The molecule has 1 saturated heterocycles. The van der Waals surface area contributed by atoms with Crippen LogP contribution < -0.4 is 10.6 Å². The van der Waals surface area contributed by atoms with Crippen LogP contribution in [0.2, 0.25) is 0 Å². The molecule has 1 aliphatic rings. The van der Waals surface area contributed by atoms with Crippen LogP contribution in [0.5, 0.6) is 0 Å². The van der Waals surface area contributed by atoms with E-state index in [1.54, 1.807) is 0 Å². The highest BCUT2D eigenvalue weighted by atomic mass is 79.9. The van der Waals surface area contributed by atoms with Crippen molar-refractivity contribution in [2.75, 3.05) is 38.1 Å². The lowest BCUT2D eigenvalue weighted by Crippen LogP contribution is -2.44. The number of benzene rings is 1. The summed E-state index contributed by atoms with van der Waals surface area (Å²) in [5, 5.41) is 8.85. The first-order valence-electron chi connectivity index (χ1n) is 6.67. The molecule has 1 aliphatic heterocycles. The van der Waals surface area contributed by atoms with E-state index in [0.29, 0.717) is 6.42 Å². The number of hydrogen-bond donors (Lipinski definition) is 2. The Kier molecular flexibility index (Phi) is 5.01. The lowest BCUT2D eigenvalue weighted by Gasteiger charge is -2.34. The number of anilines is 1. The molecule has 6 heteroatoms. The molecule has 1 unspecified atom stereocenters. The van der Waals surface area contributed by atoms with Gasteiger partial charge in [0.25, 0.3) is 0 Å². The van der Waals surface area contributed by atoms with Gasteiger partial charge in [0.1, 0.15) is 6.04 Å². The molecule has 0 aliphatic carbocycles. The van der Waals surface area contributed by atoms with Crippen LogP contribution in [0.25, 0.3) is 0 Å². The van der Waals surface area contributed by atoms with Crippen LogP contribution in [0.1, 0.15) is 5.56 Å². The number of nitrogens with zero attached hydrogens (tertiary/aromatic N) is 2. The number of carboxylic acid groups (broad SMARTS) is 1. The number of halogens is 1. The van der Waals surface area contributed by atoms with E-state index in [1.165, 1.54) is 0 Å². The smallest absolute Gasteiger partial charge is 0.320 e. The van der Waals surface area contributed by atoms with Crippen LogP contribution in [0.15, 0.2) is 22.7 Å². The molecular weight excluding hydrogens is 322 g/mol. The third kappa shape index (κ3) is 3.71. The highest BCUT2D eigenvalue weighted by molar-refractivity contribution is 9.10. The minimum absolute atomic E-state index is 0.344. The Balaban J connectivity index is 2.08. The van der Waals surface area contributed by atoms with E-state index in [1.807, 2.05) is 18.2 Å². The number of nitrogens with two attached hydrogens (primary N) is 1. The molecule has 1 aromatic carbocycles. The second-order valence-corrected chi connectivity index (χ2v) is 6.08. The van der Waals surface area contributed by atoms with Crippen molar-refractivity contribution in [2.24, 2.45) is 5.73 Å². The van der Waals surface area contributed by atoms with Gasteiger partial charge in [0.2, 0.25) is 0 Å². The first-order chi connectivity index (χ1) is 9.47. The molecule has 2 rings (SSSR count). The van der Waals surface area contributed by atoms with Crippen molar-refractivity contribution in [1.82, 2.24) is 4.90 Å². The zero-order valence-corrected chi connectivity index (χ0v) is 13.1. The highest BCUT2D eigenvalue weighted by Gasteiger charge is 2.17. The average Bonchev–Trinajstić information content (AvgIpc) is 2.40. The zero-order valence-electron chi connectivity index (χ0n) is 11.6. The Labute approximate surface area is 127 Å². The zero-order chi connectivity index (χ0) is 14.7. The van der Waals surface area contributed by atoms with Crippen molar-refractivity contribution in [2.45, 2.75) is 12.5 Å². The van der Waals surface area contributed by atoms with Gasteiger partial charge in [0.05, 0.1) is 5.69 Å². The standard InChI is InChI=1S/C14H20BrN3O2/c1-17-4-6-18(7-5-17)13-3-2-10(8-11(13)15)9-12(16)14(19)20/h2-3,8,12H,4-7,9,16H2,1H3,(H,19,20). The van der Waals surface area contributed by atoms with Crippen molar-refractivity contribution in [1.29, 1.82) is 0 Å². The SMILES string of the molecule is CN1CCN(c2ccc(CC(N)C(=O)O)cc2Br)CC1. The molecule has 0 aromatic heterocycles. The van der Waals surface area contributed by atoms with Gasteiger partial charge in [-0.1, -0.05) is 6.07 Å². The van der Waals surface area contributed by atoms with Gasteiger partial charge >= 0.3 is 5.97 Å². The molecule has 1 aromatic rings. The maximum absolute atomic E-state index is 10.8. The third-order valence-corrected chi connectivity index (χ3v) is 4.26. The fraction of sp³-hybridized carbons (Fsp3) is 0.500. The summed E-state index contributed by atoms with van der Waals surface area (Å²) in [5.41, 5.74) is 7.66. The maximum Gasteiger partial charge on any atom is 0.320 e. The normalized spacial score (nSPS) is 18.1. The van der Waals surface area contributed by atoms with E-state index in [9.17, 15) is 4.79 Å². The largest absolute Gasteiger partial charge is 0.480 e. The van der Waals surface area contributed by atoms with E-state index >= 15 is 0 Å². The molecular formula is C14H20BrN3O2. The summed E-state index contributed by atoms with van der Waals surface area (Å²) in [6.07, 6.45) is 0.344. The first kappa shape index (κ1) is 15.3. The topological polar surface area (TPSA) is 69.8 Å². The van der Waals surface area contributed by atoms with E-state index in [-0.39, 0.29) is 0 Å². The van der Waals surface area contributed by atoms with Crippen LogP contribution >= 0.6 is 15.9 Å². The molecule has 5 nitrogen and oxygen atoms in total. The van der Waals surface area contributed by atoms with Crippen LogP contribution in [0, 0.1) is 0 Å². The van der Waals surface area contributed by atoms with Gasteiger partial charge in [-0.25, -0.2) is 0 Å². The Morgan fingerprint density at radius 2 is 2.05 bits per heavy atom. The molecule has 1 fully saturated rings. The second-order valence-electron chi connectivity index (χ2n) is 5.22. The van der Waals surface area contributed by atoms with E-state index < -0.39 is 12.0 Å². The first-order valence-corrected chi connectivity index (χ1v) is 7.47. The molecule has 0 saturated carbocycles. The van der Waals surface area contributed by atoms with Crippen molar-refractivity contribution >= 4 is 27.6 Å². The molecule has 110 valence electrons. The maximum atomic E-state index is 10.8. The minimum atomic E-state index is -0.968. The van der Waals surface area contributed by atoms with Crippen LogP contribution in [-0.4, -0.2) is 55.2 Å². The fourth-order valence-corrected chi connectivity index (χ4v) is 3.00. The Morgan fingerprint density at radius 1 is 1.40 bits per heavy atom. The summed E-state index contributed by atoms with van der Waals surface area (Å²) in [4.78, 5) is 15.4. The number of hydrogen-bond acceptors (Lipinski definition) is 4. The van der Waals surface area contributed by atoms with Gasteiger partial charge in [0, 0.05) is 30.7 Å². The van der Waals surface area contributed by atoms with Gasteiger partial charge in [-0.3, -0.25) is 4.79 Å². The molecule has 1 atom stereocenters. The van der Waals surface area contributed by atoms with E-state index in [0.717, 1.165) is 41.9 Å². The Morgan fingerprint density at radius 3 is 2.60 bits per heavy atom. The number of carboxylic acids is 1. The van der Waals surface area contributed by atoms with Gasteiger partial charge in [-0.2, -0.15) is 0 Å². The average molecular weight is 342 g/mol. The van der Waals surface area contributed by atoms with E-state index in [2.05, 4.69) is 32.8 Å². The van der Waals surface area contributed by atoms with Crippen molar-refractivity contribution in [3.05, 3.63) is 28.2 Å². The summed E-state index contributed by atoms with van der Waals surface area (Å²) >= 11 is 3.58. The molecule has 1 heterocycles. The van der Waals surface area contributed by atoms with Gasteiger partial charge in [-0.05, 0) is 47.1 Å². The fourth-order valence-electron chi connectivity index (χ4n) is 2.32. The quantitative estimate of drug-likeness (QED) is 0.859. The third-order valence-electron chi connectivity index (χ3n) is 3.63. The predicted octanol–water partition coefficient (Wildman–Crippen LogP) is 1.16. The summed E-state index contributed by atoms with van der Waals surface area (Å²) in [6, 6.07) is 5.12. The lowest BCUT2D eigenvalue weighted by atomic mass is 10.1. The molecule has 0 amide bonds. The summed E-state index contributed by atoms with van der Waals surface area (Å²) in [5.74, 6) is -0.968. The molecule has 20 heavy (non-hydrogen) atoms. The van der Waals surface area contributed by atoms with Crippen LogP contribution in [-0.2, 0) is 11.2 Å². The summed E-state index contributed by atoms with van der Waals surface area (Å²) in [7, 11) is 2.13. The summed E-state index contributed by atoms with van der Waals surface area (Å²) < 4.78 is 0.997. The number of likely N-dealkylation sites (N-methyl/N-ethyl adjacent to an activating group) is 1. The minimum Gasteiger partial charge on any atom is -0.480 e. The van der Waals surface area contributed by atoms with Gasteiger partial charge in [-0.15, -0.1) is 0 Å². The molecule has 0 radical (unpaired) electrons.